The van der Waals surface area contributed by atoms with E-state index in [0.29, 0.717) is 13.1 Å². The van der Waals surface area contributed by atoms with Crippen molar-refractivity contribution in [2.75, 3.05) is 19.7 Å². The first kappa shape index (κ1) is 21.5. The van der Waals surface area contributed by atoms with Crippen LogP contribution in [0.5, 0.6) is 0 Å². The van der Waals surface area contributed by atoms with E-state index in [2.05, 4.69) is 12.1 Å². The minimum Gasteiger partial charge on any atom is -0.367 e. The minimum absolute atomic E-state index is 0.163. The number of morpholine rings is 1. The fourth-order valence-electron chi connectivity index (χ4n) is 3.63. The van der Waals surface area contributed by atoms with Gasteiger partial charge in [-0.05, 0) is 18.6 Å². The molecule has 2 amide bonds. The van der Waals surface area contributed by atoms with E-state index in [4.69, 9.17) is 15.6 Å². The van der Waals surface area contributed by atoms with E-state index < -0.39 is 12.0 Å². The van der Waals surface area contributed by atoms with Gasteiger partial charge in [0.2, 0.25) is 11.8 Å². The van der Waals surface area contributed by atoms with Crippen molar-refractivity contribution in [3.8, 4) is 11.3 Å². The standard InChI is InChI=1S/C25H26N4O3/c1-18-7-9-20(10-8-18)24-21(16-29(27-24)15-19-5-3-2-4-6-19)11-12-23(30)28-13-14-32-22(17-28)25(26)31/h2-12,16,22H,13-15,17H2,1H3,(H2,26,31)/b12-11+. The molecule has 0 spiro atoms. The van der Waals surface area contributed by atoms with Gasteiger partial charge < -0.3 is 15.4 Å². The lowest BCUT2D eigenvalue weighted by molar-refractivity contribution is -0.142. The molecule has 3 aromatic rings. The molecule has 4 rings (SSSR count). The molecule has 1 aliphatic heterocycles. The Balaban J connectivity index is 1.59. The first-order valence-electron chi connectivity index (χ1n) is 10.6. The van der Waals surface area contributed by atoms with E-state index in [9.17, 15) is 9.59 Å². The Labute approximate surface area is 187 Å². The van der Waals surface area contributed by atoms with Crippen molar-refractivity contribution in [2.45, 2.75) is 19.6 Å². The summed E-state index contributed by atoms with van der Waals surface area (Å²) in [5.74, 6) is -0.749. The molecule has 1 aromatic heterocycles. The lowest BCUT2D eigenvalue weighted by Crippen LogP contribution is -2.50. The second-order valence-electron chi connectivity index (χ2n) is 7.86. The smallest absolute Gasteiger partial charge is 0.248 e. The fourth-order valence-corrected chi connectivity index (χ4v) is 3.63. The molecule has 2 aromatic carbocycles. The van der Waals surface area contributed by atoms with Gasteiger partial charge in [0.25, 0.3) is 0 Å². The molecular formula is C25H26N4O3. The third kappa shape index (κ3) is 5.12. The zero-order valence-corrected chi connectivity index (χ0v) is 18.0. The van der Waals surface area contributed by atoms with Crippen LogP contribution in [0.25, 0.3) is 17.3 Å². The molecule has 164 valence electrons. The van der Waals surface area contributed by atoms with E-state index >= 15 is 0 Å². The summed E-state index contributed by atoms with van der Waals surface area (Å²) in [4.78, 5) is 25.7. The number of aryl methyl sites for hydroxylation is 1. The average Bonchev–Trinajstić information content (AvgIpc) is 3.21. The van der Waals surface area contributed by atoms with Gasteiger partial charge in [-0.2, -0.15) is 5.10 Å². The first-order chi connectivity index (χ1) is 15.5. The van der Waals surface area contributed by atoms with Crippen molar-refractivity contribution in [1.82, 2.24) is 14.7 Å². The van der Waals surface area contributed by atoms with E-state index in [1.165, 1.54) is 11.6 Å². The van der Waals surface area contributed by atoms with Crippen LogP contribution >= 0.6 is 0 Å². The number of nitrogens with two attached hydrogens (primary N) is 1. The van der Waals surface area contributed by atoms with Gasteiger partial charge in [-0.3, -0.25) is 14.3 Å². The second kappa shape index (κ2) is 9.62. The third-order valence-electron chi connectivity index (χ3n) is 5.40. The van der Waals surface area contributed by atoms with E-state index in [0.717, 1.165) is 22.4 Å². The number of benzene rings is 2. The third-order valence-corrected chi connectivity index (χ3v) is 5.40. The lowest BCUT2D eigenvalue weighted by Gasteiger charge is -2.30. The van der Waals surface area contributed by atoms with E-state index in [1.54, 1.807) is 11.0 Å². The quantitative estimate of drug-likeness (QED) is 0.609. The zero-order valence-electron chi connectivity index (χ0n) is 18.0. The largest absolute Gasteiger partial charge is 0.367 e. The van der Waals surface area contributed by atoms with Crippen molar-refractivity contribution in [2.24, 2.45) is 5.73 Å². The molecule has 1 aliphatic rings. The van der Waals surface area contributed by atoms with E-state index in [-0.39, 0.29) is 19.1 Å². The van der Waals surface area contributed by atoms with Crippen LogP contribution in [-0.4, -0.2) is 52.3 Å². The summed E-state index contributed by atoms with van der Waals surface area (Å²) in [6.07, 6.45) is 4.47. The molecule has 2 N–H and O–H groups in total. The highest BCUT2D eigenvalue weighted by molar-refractivity contribution is 5.93. The monoisotopic (exact) mass is 430 g/mol. The van der Waals surface area contributed by atoms with Crippen molar-refractivity contribution in [3.63, 3.8) is 0 Å². The molecule has 0 aliphatic carbocycles. The Kier molecular flexibility index (Phi) is 6.47. The van der Waals surface area contributed by atoms with Crippen LogP contribution in [0.15, 0.2) is 66.9 Å². The summed E-state index contributed by atoms with van der Waals surface area (Å²) < 4.78 is 7.20. The molecule has 7 nitrogen and oxygen atoms in total. The Hall–Kier alpha value is -3.71. The highest BCUT2D eigenvalue weighted by Gasteiger charge is 2.26. The Morgan fingerprint density at radius 1 is 1.16 bits per heavy atom. The molecule has 0 radical (unpaired) electrons. The molecule has 1 fully saturated rings. The van der Waals surface area contributed by atoms with Crippen molar-refractivity contribution >= 4 is 17.9 Å². The SMILES string of the molecule is Cc1ccc(-c2nn(Cc3ccccc3)cc2/C=C/C(=O)N2CCOC(C(N)=O)C2)cc1. The first-order valence-corrected chi connectivity index (χ1v) is 10.6. The summed E-state index contributed by atoms with van der Waals surface area (Å²) in [6.45, 7) is 3.54. The number of carbonyl (C=O) groups excluding carboxylic acids is 2. The van der Waals surface area contributed by atoms with Gasteiger partial charge in [0.1, 0.15) is 0 Å². The predicted octanol–water partition coefficient (Wildman–Crippen LogP) is 2.63. The van der Waals surface area contributed by atoms with Crippen molar-refractivity contribution in [1.29, 1.82) is 0 Å². The number of nitrogens with zero attached hydrogens (tertiary/aromatic N) is 3. The Morgan fingerprint density at radius 3 is 2.62 bits per heavy atom. The van der Waals surface area contributed by atoms with Crippen LogP contribution in [-0.2, 0) is 20.9 Å². The summed E-state index contributed by atoms with van der Waals surface area (Å²) >= 11 is 0. The van der Waals surface area contributed by atoms with Gasteiger partial charge in [0.05, 0.1) is 25.4 Å². The zero-order chi connectivity index (χ0) is 22.5. The number of ether oxygens (including phenoxy) is 1. The van der Waals surface area contributed by atoms with E-state index in [1.807, 2.05) is 60.3 Å². The van der Waals surface area contributed by atoms with Gasteiger partial charge in [-0.1, -0.05) is 60.2 Å². The highest BCUT2D eigenvalue weighted by Crippen LogP contribution is 2.24. The fraction of sp³-hybridized carbons (Fsp3) is 0.240. The van der Waals surface area contributed by atoms with Gasteiger partial charge in [-0.25, -0.2) is 0 Å². The highest BCUT2D eigenvalue weighted by atomic mass is 16.5. The van der Waals surface area contributed by atoms with Crippen molar-refractivity contribution in [3.05, 3.63) is 83.6 Å². The predicted molar refractivity (Wildman–Crippen MR) is 122 cm³/mol. The number of primary amides is 1. The molecule has 1 atom stereocenters. The summed E-state index contributed by atoms with van der Waals surface area (Å²) in [5.41, 5.74) is 10.3. The number of amides is 2. The van der Waals surface area contributed by atoms with Gasteiger partial charge in [0.15, 0.2) is 6.10 Å². The maximum absolute atomic E-state index is 12.7. The number of aromatic nitrogens is 2. The summed E-state index contributed by atoms with van der Waals surface area (Å²) in [6, 6.07) is 18.2. The molecule has 0 saturated carbocycles. The topological polar surface area (TPSA) is 90.4 Å². The molecule has 1 unspecified atom stereocenters. The molecule has 1 saturated heterocycles. The van der Waals surface area contributed by atoms with Crippen LogP contribution in [0.1, 0.15) is 16.7 Å². The van der Waals surface area contributed by atoms with Crippen LogP contribution < -0.4 is 5.73 Å². The van der Waals surface area contributed by atoms with Crippen LogP contribution in [0.2, 0.25) is 0 Å². The second-order valence-corrected chi connectivity index (χ2v) is 7.86. The van der Waals surface area contributed by atoms with Gasteiger partial charge in [-0.15, -0.1) is 0 Å². The normalized spacial score (nSPS) is 16.4. The summed E-state index contributed by atoms with van der Waals surface area (Å²) in [5, 5.41) is 4.79. The number of hydrogen-bond acceptors (Lipinski definition) is 4. The van der Waals surface area contributed by atoms with Crippen LogP contribution in [0.3, 0.4) is 0 Å². The Bertz CT molecular complexity index is 1120. The number of hydrogen-bond donors (Lipinski definition) is 1. The molecule has 0 bridgehead atoms. The Morgan fingerprint density at radius 2 is 1.91 bits per heavy atom. The van der Waals surface area contributed by atoms with Crippen molar-refractivity contribution < 1.29 is 14.3 Å². The molecular weight excluding hydrogens is 404 g/mol. The molecule has 7 heteroatoms. The molecule has 32 heavy (non-hydrogen) atoms. The van der Waals surface area contributed by atoms with Crippen LogP contribution in [0.4, 0.5) is 0 Å². The number of rotatable bonds is 6. The molecule has 2 heterocycles. The van der Waals surface area contributed by atoms with Gasteiger partial charge >= 0.3 is 0 Å². The van der Waals surface area contributed by atoms with Gasteiger partial charge in [0, 0.05) is 29.9 Å². The average molecular weight is 431 g/mol. The van der Waals surface area contributed by atoms with Crippen LogP contribution in [0, 0.1) is 6.92 Å². The lowest BCUT2D eigenvalue weighted by atomic mass is 10.1. The maximum atomic E-state index is 12.7. The minimum atomic E-state index is -0.766. The summed E-state index contributed by atoms with van der Waals surface area (Å²) in [7, 11) is 0. The number of carbonyl (C=O) groups is 2. The maximum Gasteiger partial charge on any atom is 0.248 e.